The molecule has 1 aliphatic heterocycles. The van der Waals surface area contributed by atoms with Crippen molar-refractivity contribution in [2.24, 2.45) is 0 Å². The van der Waals surface area contributed by atoms with Crippen LogP contribution in [0.15, 0.2) is 29.2 Å². The number of pyridine rings is 1. The van der Waals surface area contributed by atoms with Gasteiger partial charge in [0.05, 0.1) is 0 Å². The van der Waals surface area contributed by atoms with Gasteiger partial charge in [-0.15, -0.1) is 0 Å². The third kappa shape index (κ3) is 1.90. The predicted octanol–water partition coefficient (Wildman–Crippen LogP) is 2.93. The molecular formula is C10H10BrNO2. The predicted molar refractivity (Wildman–Crippen MR) is 56.2 cm³/mol. The van der Waals surface area contributed by atoms with Crippen LogP contribution in [0.25, 0.3) is 5.76 Å². The summed E-state index contributed by atoms with van der Waals surface area (Å²) in [5.41, 5.74) is 0.907. The Morgan fingerprint density at radius 1 is 1.36 bits per heavy atom. The molecule has 0 aromatic carbocycles. The van der Waals surface area contributed by atoms with Gasteiger partial charge in [0.15, 0.2) is 5.76 Å². The second-order valence-electron chi connectivity index (χ2n) is 3.49. The van der Waals surface area contributed by atoms with Crippen LogP contribution in [0.3, 0.4) is 0 Å². The van der Waals surface area contributed by atoms with Crippen LogP contribution in [0.1, 0.15) is 19.4 Å². The third-order valence-corrected chi connectivity index (χ3v) is 2.23. The minimum absolute atomic E-state index is 0.572. The molecule has 1 aromatic rings. The molecule has 0 aliphatic carbocycles. The summed E-state index contributed by atoms with van der Waals surface area (Å²) >= 11 is 3.35. The van der Waals surface area contributed by atoms with Crippen LogP contribution in [-0.2, 0) is 9.47 Å². The Kier molecular flexibility index (Phi) is 2.23. The summed E-state index contributed by atoms with van der Waals surface area (Å²) < 4.78 is 11.8. The van der Waals surface area contributed by atoms with Crippen LogP contribution in [0.4, 0.5) is 0 Å². The minimum Gasteiger partial charge on any atom is -0.457 e. The van der Waals surface area contributed by atoms with E-state index in [1.165, 1.54) is 0 Å². The maximum atomic E-state index is 5.57. The number of nitrogens with zero attached hydrogens (tertiary/aromatic N) is 1. The zero-order chi connectivity index (χ0) is 10.2. The standard InChI is InChI=1S/C10H10BrNO2/c1-10(2)13-6-9(14-10)7-3-8(11)5-12-4-7/h3-6H,1-2H3. The van der Waals surface area contributed by atoms with Crippen LogP contribution in [0.2, 0.25) is 0 Å². The highest BCUT2D eigenvalue weighted by atomic mass is 79.9. The average Bonchev–Trinajstić information content (AvgIpc) is 2.46. The van der Waals surface area contributed by atoms with Gasteiger partial charge in [-0.1, -0.05) is 0 Å². The van der Waals surface area contributed by atoms with Crippen LogP contribution in [0, 0.1) is 0 Å². The van der Waals surface area contributed by atoms with E-state index >= 15 is 0 Å². The van der Waals surface area contributed by atoms with Crippen LogP contribution < -0.4 is 0 Å². The lowest BCUT2D eigenvalue weighted by atomic mass is 10.2. The van der Waals surface area contributed by atoms with Crippen LogP contribution in [-0.4, -0.2) is 10.8 Å². The lowest BCUT2D eigenvalue weighted by Gasteiger charge is -2.18. The van der Waals surface area contributed by atoms with Crippen molar-refractivity contribution in [1.29, 1.82) is 0 Å². The van der Waals surface area contributed by atoms with E-state index < -0.39 is 5.79 Å². The molecule has 0 saturated heterocycles. The van der Waals surface area contributed by atoms with Gasteiger partial charge in [0, 0.05) is 36.3 Å². The summed E-state index contributed by atoms with van der Waals surface area (Å²) in [6.07, 6.45) is 5.08. The van der Waals surface area contributed by atoms with Gasteiger partial charge in [0.1, 0.15) is 6.26 Å². The molecule has 3 nitrogen and oxygen atoms in total. The molecular weight excluding hydrogens is 246 g/mol. The van der Waals surface area contributed by atoms with E-state index in [1.807, 2.05) is 19.9 Å². The topological polar surface area (TPSA) is 31.4 Å². The first-order valence-corrected chi connectivity index (χ1v) is 5.04. The van der Waals surface area contributed by atoms with Gasteiger partial charge in [-0.25, -0.2) is 0 Å². The molecule has 1 aromatic heterocycles. The van der Waals surface area contributed by atoms with Crippen molar-refractivity contribution >= 4 is 21.7 Å². The van der Waals surface area contributed by atoms with Crippen LogP contribution >= 0.6 is 15.9 Å². The SMILES string of the molecule is CC1(C)OC=C(c2cncc(Br)c2)O1. The zero-order valence-corrected chi connectivity index (χ0v) is 9.54. The van der Waals surface area contributed by atoms with Crippen molar-refractivity contribution in [3.63, 3.8) is 0 Å². The average molecular weight is 256 g/mol. The number of halogens is 1. The number of hydrogen-bond acceptors (Lipinski definition) is 3. The molecule has 0 saturated carbocycles. The maximum Gasteiger partial charge on any atom is 0.245 e. The molecule has 0 radical (unpaired) electrons. The fourth-order valence-corrected chi connectivity index (χ4v) is 1.55. The minimum atomic E-state index is -0.572. The molecule has 0 unspecified atom stereocenters. The Balaban J connectivity index is 2.26. The number of aromatic nitrogens is 1. The molecule has 74 valence electrons. The van der Waals surface area contributed by atoms with E-state index in [2.05, 4.69) is 20.9 Å². The first-order chi connectivity index (χ1) is 6.57. The summed E-state index contributed by atoms with van der Waals surface area (Å²) in [6.45, 7) is 3.73. The van der Waals surface area contributed by atoms with E-state index in [0.29, 0.717) is 5.76 Å². The second kappa shape index (κ2) is 3.28. The maximum absolute atomic E-state index is 5.57. The molecule has 14 heavy (non-hydrogen) atoms. The van der Waals surface area contributed by atoms with E-state index in [1.54, 1.807) is 18.7 Å². The second-order valence-corrected chi connectivity index (χ2v) is 4.41. The van der Waals surface area contributed by atoms with Crippen molar-refractivity contribution in [2.75, 3.05) is 0 Å². The molecule has 0 spiro atoms. The molecule has 2 rings (SSSR count). The van der Waals surface area contributed by atoms with Crippen LogP contribution in [0.5, 0.6) is 0 Å². The summed E-state index contributed by atoms with van der Waals surface area (Å²) in [4.78, 5) is 4.05. The van der Waals surface area contributed by atoms with Gasteiger partial charge in [-0.05, 0) is 22.0 Å². The number of rotatable bonds is 1. The molecule has 0 amide bonds. The van der Waals surface area contributed by atoms with Crippen molar-refractivity contribution in [2.45, 2.75) is 19.6 Å². The highest BCUT2D eigenvalue weighted by molar-refractivity contribution is 9.10. The van der Waals surface area contributed by atoms with E-state index in [0.717, 1.165) is 10.0 Å². The first-order valence-electron chi connectivity index (χ1n) is 4.25. The van der Waals surface area contributed by atoms with Gasteiger partial charge in [-0.2, -0.15) is 0 Å². The van der Waals surface area contributed by atoms with Gasteiger partial charge in [-0.3, -0.25) is 4.98 Å². The zero-order valence-electron chi connectivity index (χ0n) is 7.95. The highest BCUT2D eigenvalue weighted by Gasteiger charge is 2.28. The normalized spacial score (nSPS) is 18.4. The monoisotopic (exact) mass is 255 g/mol. The van der Waals surface area contributed by atoms with Crippen molar-refractivity contribution in [3.05, 3.63) is 34.8 Å². The van der Waals surface area contributed by atoms with Crippen molar-refractivity contribution in [3.8, 4) is 0 Å². The molecule has 0 bridgehead atoms. The molecule has 2 heterocycles. The number of hydrogen-bond donors (Lipinski definition) is 0. The number of ether oxygens (including phenoxy) is 2. The lowest BCUT2D eigenvalue weighted by Crippen LogP contribution is -2.19. The van der Waals surface area contributed by atoms with Gasteiger partial charge in [0.25, 0.3) is 0 Å². The molecule has 0 atom stereocenters. The molecule has 0 N–H and O–H groups in total. The highest BCUT2D eigenvalue weighted by Crippen LogP contribution is 2.31. The summed E-state index contributed by atoms with van der Waals surface area (Å²) in [5, 5.41) is 0. The molecule has 1 aliphatic rings. The van der Waals surface area contributed by atoms with E-state index in [-0.39, 0.29) is 0 Å². The molecule has 0 fully saturated rings. The fraction of sp³-hybridized carbons (Fsp3) is 0.300. The summed E-state index contributed by atoms with van der Waals surface area (Å²) in [5.74, 6) is 0.140. The smallest absolute Gasteiger partial charge is 0.245 e. The van der Waals surface area contributed by atoms with Gasteiger partial charge in [0.2, 0.25) is 5.79 Å². The van der Waals surface area contributed by atoms with Crippen molar-refractivity contribution in [1.82, 2.24) is 4.98 Å². The van der Waals surface area contributed by atoms with Crippen molar-refractivity contribution < 1.29 is 9.47 Å². The largest absolute Gasteiger partial charge is 0.457 e. The Morgan fingerprint density at radius 3 is 2.71 bits per heavy atom. The summed E-state index contributed by atoms with van der Waals surface area (Å²) in [6, 6.07) is 1.93. The lowest BCUT2D eigenvalue weighted by molar-refractivity contribution is -0.102. The van der Waals surface area contributed by atoms with Gasteiger partial charge < -0.3 is 9.47 Å². The fourth-order valence-electron chi connectivity index (χ4n) is 1.18. The Morgan fingerprint density at radius 2 is 2.14 bits per heavy atom. The van der Waals surface area contributed by atoms with Gasteiger partial charge >= 0.3 is 0 Å². The van der Waals surface area contributed by atoms with E-state index in [4.69, 9.17) is 9.47 Å². The van der Waals surface area contributed by atoms with E-state index in [9.17, 15) is 0 Å². The quantitative estimate of drug-likeness (QED) is 0.774. The Labute approximate surface area is 90.9 Å². The first kappa shape index (κ1) is 9.52. The Bertz CT molecular complexity index is 387. The Hall–Kier alpha value is -1.03. The molecule has 4 heteroatoms. The summed E-state index contributed by atoms with van der Waals surface area (Å²) in [7, 11) is 0. The third-order valence-electron chi connectivity index (χ3n) is 1.79.